The van der Waals surface area contributed by atoms with Gasteiger partial charge in [0, 0.05) is 12.4 Å². The fraction of sp³-hybridized carbons (Fsp3) is 0.500. The topological polar surface area (TPSA) is 240 Å². The quantitative estimate of drug-likeness (QED) is 0.0898. The number of nitrogens with zero attached hydrogens (tertiary/aromatic N) is 4. The van der Waals surface area contributed by atoms with Crippen LogP contribution >= 0.6 is 43.3 Å². The molecule has 0 amide bonds. The number of hydrogen-bond donors (Lipinski definition) is 6. The summed E-state index contributed by atoms with van der Waals surface area (Å²) in [7, 11) is -10.1. The molecule has 1 fully saturated rings. The van der Waals surface area contributed by atoms with Gasteiger partial charge in [-0.3, -0.25) is 23.5 Å². The van der Waals surface area contributed by atoms with Crippen molar-refractivity contribution in [3.05, 3.63) is 23.9 Å². The Labute approximate surface area is 220 Å². The number of ketones is 2. The summed E-state index contributed by atoms with van der Waals surface area (Å²) < 4.78 is 37.5. The van der Waals surface area contributed by atoms with E-state index in [1.165, 1.54) is 11.2 Å². The average molecular weight is 648 g/mol. The third-order valence-corrected chi connectivity index (χ3v) is 7.74. The number of amidine groups is 1. The molecule has 5 atom stereocenters. The molecule has 0 saturated carbocycles. The second kappa shape index (κ2) is 11.0. The van der Waals surface area contributed by atoms with Crippen LogP contribution in [0.3, 0.4) is 0 Å². The SMILES string of the molecule is O=C(CBr)C(=O)CSC1=NC2C(=C3NC=CN13)N=CN2C1OC(COP(=O)(O)O)C(O)C1OP(=O)(O)O. The van der Waals surface area contributed by atoms with Gasteiger partial charge >= 0.3 is 15.6 Å². The normalized spacial score (nSPS) is 28.9. The van der Waals surface area contributed by atoms with Gasteiger partial charge in [0.1, 0.15) is 29.8 Å². The molecule has 0 aliphatic carbocycles. The van der Waals surface area contributed by atoms with Gasteiger partial charge in [-0.25, -0.2) is 19.1 Å². The minimum Gasteiger partial charge on any atom is -0.387 e. The Hall–Kier alpha value is -1.47. The zero-order valence-corrected chi connectivity index (χ0v) is 22.5. The molecule has 4 rings (SSSR count). The van der Waals surface area contributed by atoms with Crippen LogP contribution in [0.1, 0.15) is 0 Å². The summed E-state index contributed by atoms with van der Waals surface area (Å²) in [5, 5.41) is 13.7. The second-order valence-electron chi connectivity index (χ2n) is 7.71. The summed E-state index contributed by atoms with van der Waals surface area (Å²) in [6.07, 6.45) is -2.92. The van der Waals surface area contributed by atoms with Gasteiger partial charge in [-0.1, -0.05) is 27.7 Å². The molecule has 1 saturated heterocycles. The van der Waals surface area contributed by atoms with Gasteiger partial charge in [0.25, 0.3) is 0 Å². The Morgan fingerprint density at radius 2 is 1.95 bits per heavy atom. The van der Waals surface area contributed by atoms with Crippen molar-refractivity contribution in [1.82, 2.24) is 15.1 Å². The molecule has 4 aliphatic heterocycles. The number of ether oxygens (including phenoxy) is 1. The number of hydrogen-bond acceptors (Lipinski definition) is 14. The zero-order chi connectivity index (χ0) is 27.1. The number of rotatable bonds is 10. The fourth-order valence-electron chi connectivity index (χ4n) is 3.70. The third kappa shape index (κ3) is 6.41. The highest BCUT2D eigenvalue weighted by atomic mass is 79.9. The van der Waals surface area contributed by atoms with Crippen molar-refractivity contribution in [3.8, 4) is 0 Å². The monoisotopic (exact) mass is 647 g/mol. The highest BCUT2D eigenvalue weighted by molar-refractivity contribution is 9.09. The van der Waals surface area contributed by atoms with Gasteiger partial charge in [0.2, 0.25) is 11.6 Å². The van der Waals surface area contributed by atoms with Crippen molar-refractivity contribution in [2.75, 3.05) is 17.7 Å². The van der Waals surface area contributed by atoms with E-state index in [1.54, 1.807) is 17.3 Å². The van der Waals surface area contributed by atoms with Crippen LogP contribution in [0.15, 0.2) is 33.9 Å². The number of halogens is 1. The third-order valence-electron chi connectivity index (χ3n) is 5.26. The van der Waals surface area contributed by atoms with Crippen LogP contribution in [0.25, 0.3) is 0 Å². The van der Waals surface area contributed by atoms with Crippen LogP contribution in [0.2, 0.25) is 0 Å². The molecule has 4 heterocycles. The lowest BCUT2D eigenvalue weighted by Gasteiger charge is -2.34. The predicted molar refractivity (Wildman–Crippen MR) is 129 cm³/mol. The fourth-order valence-corrected chi connectivity index (χ4v) is 5.79. The lowest BCUT2D eigenvalue weighted by atomic mass is 10.1. The smallest absolute Gasteiger partial charge is 0.387 e. The molecule has 0 spiro atoms. The molecule has 37 heavy (non-hydrogen) atoms. The lowest BCUT2D eigenvalue weighted by Crippen LogP contribution is -2.49. The molecule has 0 aromatic rings. The Morgan fingerprint density at radius 1 is 1.22 bits per heavy atom. The number of phosphoric ester groups is 2. The van der Waals surface area contributed by atoms with Crippen LogP contribution in [-0.2, 0) is 32.5 Å². The van der Waals surface area contributed by atoms with E-state index >= 15 is 0 Å². The minimum absolute atomic E-state index is 0.126. The number of aliphatic imine (C=N–C) groups is 2. The number of phosphoric acid groups is 2. The van der Waals surface area contributed by atoms with E-state index in [4.69, 9.17) is 19.0 Å². The number of fused-ring (bicyclic) bond motifs is 2. The first kappa shape index (κ1) is 28.5. The Bertz CT molecular complexity index is 1190. The number of carbonyl (C=O) groups excluding carboxylic acids is 2. The summed E-state index contributed by atoms with van der Waals surface area (Å²) in [5.41, 5.74) is 0.347. The molecule has 0 radical (unpaired) electrons. The van der Waals surface area contributed by atoms with E-state index in [-0.39, 0.29) is 16.3 Å². The Kier molecular flexibility index (Phi) is 8.45. The molecule has 21 heteroatoms. The first-order valence-corrected chi connectivity index (χ1v) is 15.3. The second-order valence-corrected chi connectivity index (χ2v) is 11.6. The van der Waals surface area contributed by atoms with Crippen LogP contribution in [0.4, 0.5) is 0 Å². The van der Waals surface area contributed by atoms with Crippen molar-refractivity contribution in [2.45, 2.75) is 30.7 Å². The number of aliphatic hydroxyl groups excluding tert-OH is 1. The van der Waals surface area contributed by atoms with Crippen molar-refractivity contribution < 1.29 is 57.2 Å². The number of carbonyl (C=O) groups is 2. The van der Waals surface area contributed by atoms with Gasteiger partial charge in [0.15, 0.2) is 17.6 Å². The molecule has 0 aromatic heterocycles. The molecular formula is C16H20BrN5O12P2S. The maximum absolute atomic E-state index is 12.0. The summed E-state index contributed by atoms with van der Waals surface area (Å²) in [4.78, 5) is 72.1. The Morgan fingerprint density at radius 3 is 2.59 bits per heavy atom. The summed E-state index contributed by atoms with van der Waals surface area (Å²) >= 11 is 3.91. The standard InChI is InChI=1S/C16H20BrN5O12P2S/c17-3-7(23)8(24)5-37-16-20-14-10(13-18-1-2-21(13)16)19-6-22(14)15-12(34-36(29,30)31)11(25)9(33-15)4-32-35(26,27)28/h1-2,6,9,11-12,14-15,18,25H,3-5H2,(H2,26,27,28)(H2,29,30,31). The number of nitrogens with one attached hydrogen (secondary N) is 1. The summed E-state index contributed by atoms with van der Waals surface area (Å²) in [6, 6.07) is 0. The molecule has 0 aromatic carbocycles. The van der Waals surface area contributed by atoms with E-state index in [2.05, 4.69) is 35.8 Å². The summed E-state index contributed by atoms with van der Waals surface area (Å²) in [6.45, 7) is -0.820. The first-order valence-electron chi connectivity index (χ1n) is 10.2. The van der Waals surface area contributed by atoms with Gasteiger partial charge in [-0.15, -0.1) is 0 Å². The van der Waals surface area contributed by atoms with Crippen molar-refractivity contribution >= 4 is 66.4 Å². The van der Waals surface area contributed by atoms with Crippen molar-refractivity contribution in [1.29, 1.82) is 0 Å². The maximum Gasteiger partial charge on any atom is 0.470 e. The van der Waals surface area contributed by atoms with Crippen LogP contribution < -0.4 is 5.32 Å². The van der Waals surface area contributed by atoms with Crippen molar-refractivity contribution in [3.63, 3.8) is 0 Å². The lowest BCUT2D eigenvalue weighted by molar-refractivity contribution is -0.133. The van der Waals surface area contributed by atoms with E-state index < -0.39 is 64.5 Å². The van der Waals surface area contributed by atoms with Crippen molar-refractivity contribution in [2.24, 2.45) is 9.98 Å². The number of aliphatic hydroxyl groups is 1. The van der Waals surface area contributed by atoms with E-state index in [0.29, 0.717) is 11.5 Å². The van der Waals surface area contributed by atoms with E-state index in [9.17, 15) is 33.6 Å². The highest BCUT2D eigenvalue weighted by Gasteiger charge is 2.53. The summed E-state index contributed by atoms with van der Waals surface area (Å²) in [5.74, 6) is -1.01. The highest BCUT2D eigenvalue weighted by Crippen LogP contribution is 2.45. The molecule has 0 bridgehead atoms. The largest absolute Gasteiger partial charge is 0.470 e. The number of alkyl halides is 1. The van der Waals surface area contributed by atoms with Gasteiger partial charge in [0.05, 0.1) is 24.0 Å². The Balaban J connectivity index is 1.60. The zero-order valence-electron chi connectivity index (χ0n) is 18.3. The first-order chi connectivity index (χ1) is 17.3. The molecule has 4 aliphatic rings. The van der Waals surface area contributed by atoms with Crippen LogP contribution in [0.5, 0.6) is 0 Å². The minimum atomic E-state index is -5.17. The maximum atomic E-state index is 12.0. The molecule has 5 unspecified atom stereocenters. The average Bonchev–Trinajstić information content (AvgIpc) is 3.52. The number of thioether (sulfide) groups is 1. The van der Waals surface area contributed by atoms with E-state index in [0.717, 1.165) is 11.8 Å². The molecule has 6 N–H and O–H groups in total. The number of Topliss-reactive ketones (excluding diaryl/α,β-unsaturated/α-hetero) is 2. The van der Waals surface area contributed by atoms with Crippen LogP contribution in [0, 0.1) is 0 Å². The van der Waals surface area contributed by atoms with Gasteiger partial charge in [-0.2, -0.15) is 0 Å². The van der Waals surface area contributed by atoms with Gasteiger partial charge in [-0.05, 0) is 0 Å². The molecular weight excluding hydrogens is 628 g/mol. The van der Waals surface area contributed by atoms with Crippen LogP contribution in [-0.4, -0.2) is 106 Å². The molecule has 204 valence electrons. The van der Waals surface area contributed by atoms with E-state index in [1.807, 2.05) is 0 Å². The molecule has 17 nitrogen and oxygen atoms in total. The predicted octanol–water partition coefficient (Wildman–Crippen LogP) is -1.49. The van der Waals surface area contributed by atoms with Gasteiger partial charge < -0.3 is 39.6 Å².